The zero-order valence-corrected chi connectivity index (χ0v) is 12.1. The molecular formula is C10H15IN2OS. The van der Waals surface area contributed by atoms with Crippen LogP contribution in [0.25, 0.3) is 0 Å². The molecule has 1 rings (SSSR count). The molecule has 5 heteroatoms. The Morgan fingerprint density at radius 2 is 2.20 bits per heavy atom. The predicted molar refractivity (Wildman–Crippen MR) is 71.5 cm³/mol. The molecule has 0 saturated carbocycles. The highest BCUT2D eigenvalue weighted by molar-refractivity contribution is 14.1. The van der Waals surface area contributed by atoms with Gasteiger partial charge < -0.3 is 0 Å². The van der Waals surface area contributed by atoms with Gasteiger partial charge >= 0.3 is 0 Å². The zero-order valence-electron chi connectivity index (χ0n) is 9.11. The summed E-state index contributed by atoms with van der Waals surface area (Å²) in [6, 6.07) is 3.72. The van der Waals surface area contributed by atoms with Crippen molar-refractivity contribution in [1.82, 2.24) is 4.98 Å². The maximum Gasteiger partial charge on any atom is 0.101 e. The van der Waals surface area contributed by atoms with Crippen molar-refractivity contribution in [2.45, 2.75) is 30.9 Å². The van der Waals surface area contributed by atoms with Crippen molar-refractivity contribution in [3.05, 3.63) is 22.0 Å². The molecule has 1 atom stereocenters. The lowest BCUT2D eigenvalue weighted by atomic mass is 10.5. The number of rotatable bonds is 3. The van der Waals surface area contributed by atoms with E-state index >= 15 is 0 Å². The van der Waals surface area contributed by atoms with Gasteiger partial charge in [-0.1, -0.05) is 0 Å². The third kappa shape index (κ3) is 2.90. The van der Waals surface area contributed by atoms with E-state index in [1.165, 1.54) is 0 Å². The van der Waals surface area contributed by atoms with Gasteiger partial charge in [0.05, 0.1) is 14.6 Å². The van der Waals surface area contributed by atoms with E-state index in [1.54, 1.807) is 6.20 Å². The summed E-state index contributed by atoms with van der Waals surface area (Å²) in [6.07, 6.45) is 1.67. The largest absolute Gasteiger partial charge is 0.249 e. The molecule has 1 aromatic heterocycles. The van der Waals surface area contributed by atoms with Gasteiger partial charge in [0.1, 0.15) is 3.70 Å². The van der Waals surface area contributed by atoms with Crippen LogP contribution in [0.5, 0.6) is 0 Å². The smallest absolute Gasteiger partial charge is 0.101 e. The van der Waals surface area contributed by atoms with E-state index in [0.29, 0.717) is 6.54 Å². The van der Waals surface area contributed by atoms with Crippen molar-refractivity contribution in [3.8, 4) is 0 Å². The van der Waals surface area contributed by atoms with E-state index in [2.05, 4.69) is 31.9 Å². The standard InChI is InChI=1S/C10H15IN2OS/c1-4-13-15(14,8(2)3)9-5-6-10(11)12-7-9/h5-8H,4H2,1-3H3. The fraction of sp³-hybridized carbons (Fsp3) is 0.500. The SMILES string of the molecule is CCN=S(=O)(c1ccc(I)nc1)C(C)C. The van der Waals surface area contributed by atoms with Gasteiger partial charge in [0.15, 0.2) is 0 Å². The Balaban J connectivity index is 3.29. The number of pyridine rings is 1. The van der Waals surface area contributed by atoms with Crippen molar-refractivity contribution < 1.29 is 4.21 Å². The van der Waals surface area contributed by atoms with Gasteiger partial charge in [0.2, 0.25) is 0 Å². The second-order valence-corrected chi connectivity index (χ2v) is 7.29. The molecule has 0 fully saturated rings. The van der Waals surface area contributed by atoms with Crippen molar-refractivity contribution in [1.29, 1.82) is 0 Å². The topological polar surface area (TPSA) is 42.3 Å². The summed E-state index contributed by atoms with van der Waals surface area (Å²) in [5.74, 6) is 0. The van der Waals surface area contributed by atoms with Crippen molar-refractivity contribution >= 4 is 32.3 Å². The second kappa shape index (κ2) is 5.25. The van der Waals surface area contributed by atoms with Gasteiger partial charge in [0, 0.05) is 18.0 Å². The average molecular weight is 338 g/mol. The molecule has 0 aliphatic heterocycles. The zero-order chi connectivity index (χ0) is 11.5. The summed E-state index contributed by atoms with van der Waals surface area (Å²) >= 11 is 2.13. The first-order chi connectivity index (χ1) is 7.00. The molecule has 1 heterocycles. The molecule has 0 aliphatic carbocycles. The van der Waals surface area contributed by atoms with Gasteiger partial charge in [-0.15, -0.1) is 0 Å². The van der Waals surface area contributed by atoms with Gasteiger partial charge in [-0.05, 0) is 55.5 Å². The number of aromatic nitrogens is 1. The van der Waals surface area contributed by atoms with Crippen LogP contribution in [0, 0.1) is 3.70 Å². The molecule has 0 saturated heterocycles. The normalized spacial score (nSPS) is 15.0. The highest BCUT2D eigenvalue weighted by Crippen LogP contribution is 2.18. The van der Waals surface area contributed by atoms with Crippen LogP contribution in [0.1, 0.15) is 20.8 Å². The Bertz CT molecular complexity index is 433. The Hall–Kier alpha value is -0.170. The Morgan fingerprint density at radius 1 is 1.53 bits per heavy atom. The minimum absolute atomic E-state index is 0.0133. The van der Waals surface area contributed by atoms with Crippen LogP contribution < -0.4 is 0 Å². The van der Waals surface area contributed by atoms with Crippen molar-refractivity contribution in [3.63, 3.8) is 0 Å². The summed E-state index contributed by atoms with van der Waals surface area (Å²) in [6.45, 7) is 6.34. The average Bonchev–Trinajstić information content (AvgIpc) is 2.18. The second-order valence-electron chi connectivity index (χ2n) is 3.38. The van der Waals surface area contributed by atoms with Crippen LogP contribution in [0.3, 0.4) is 0 Å². The molecule has 0 aliphatic rings. The van der Waals surface area contributed by atoms with Crippen molar-refractivity contribution in [2.75, 3.05) is 6.54 Å². The highest BCUT2D eigenvalue weighted by atomic mass is 127. The number of halogens is 1. The molecule has 0 amide bonds. The maximum atomic E-state index is 12.6. The third-order valence-corrected chi connectivity index (χ3v) is 5.47. The lowest BCUT2D eigenvalue weighted by Crippen LogP contribution is -2.14. The number of nitrogens with zero attached hydrogens (tertiary/aromatic N) is 2. The molecule has 3 nitrogen and oxygen atoms in total. The quantitative estimate of drug-likeness (QED) is 0.628. The monoisotopic (exact) mass is 338 g/mol. The summed E-state index contributed by atoms with van der Waals surface area (Å²) in [5, 5.41) is 0.0133. The van der Waals surface area contributed by atoms with E-state index in [1.807, 2.05) is 32.9 Å². The summed E-state index contributed by atoms with van der Waals surface area (Å²) in [5.41, 5.74) is 0. The van der Waals surface area contributed by atoms with Crippen LogP contribution in [0.15, 0.2) is 27.6 Å². The van der Waals surface area contributed by atoms with Crippen LogP contribution in [0.2, 0.25) is 0 Å². The minimum atomic E-state index is -2.29. The molecule has 84 valence electrons. The van der Waals surface area contributed by atoms with Crippen LogP contribution in [0.4, 0.5) is 0 Å². The molecule has 0 aromatic carbocycles. The van der Waals surface area contributed by atoms with E-state index < -0.39 is 9.73 Å². The first-order valence-electron chi connectivity index (χ1n) is 4.84. The van der Waals surface area contributed by atoms with Crippen LogP contribution in [-0.2, 0) is 9.73 Å². The fourth-order valence-corrected chi connectivity index (χ4v) is 3.38. The Kier molecular flexibility index (Phi) is 4.51. The molecule has 0 bridgehead atoms. The number of hydrogen-bond donors (Lipinski definition) is 0. The lowest BCUT2D eigenvalue weighted by Gasteiger charge is -2.13. The van der Waals surface area contributed by atoms with Crippen LogP contribution >= 0.6 is 22.6 Å². The highest BCUT2D eigenvalue weighted by Gasteiger charge is 2.17. The first-order valence-corrected chi connectivity index (χ1v) is 7.49. The molecule has 0 N–H and O–H groups in total. The maximum absolute atomic E-state index is 12.6. The van der Waals surface area contributed by atoms with E-state index in [9.17, 15) is 4.21 Å². The van der Waals surface area contributed by atoms with Gasteiger partial charge in [-0.2, -0.15) is 0 Å². The predicted octanol–water partition coefficient (Wildman–Crippen LogP) is 2.94. The van der Waals surface area contributed by atoms with E-state index in [4.69, 9.17) is 0 Å². The Morgan fingerprint density at radius 3 is 2.60 bits per heavy atom. The van der Waals surface area contributed by atoms with Gasteiger partial charge in [-0.25, -0.2) is 13.6 Å². The summed E-state index contributed by atoms with van der Waals surface area (Å²) < 4.78 is 17.7. The van der Waals surface area contributed by atoms with Gasteiger partial charge in [-0.3, -0.25) is 0 Å². The molecular weight excluding hydrogens is 323 g/mol. The molecule has 1 aromatic rings. The fourth-order valence-electron chi connectivity index (χ4n) is 1.22. The lowest BCUT2D eigenvalue weighted by molar-refractivity contribution is 0.667. The molecule has 1 unspecified atom stereocenters. The Labute approximate surface area is 105 Å². The number of hydrogen-bond acceptors (Lipinski definition) is 3. The first kappa shape index (κ1) is 12.9. The summed E-state index contributed by atoms with van der Waals surface area (Å²) in [4.78, 5) is 4.89. The van der Waals surface area contributed by atoms with E-state index in [-0.39, 0.29) is 5.25 Å². The molecule has 0 radical (unpaired) electrons. The third-order valence-electron chi connectivity index (χ3n) is 2.00. The van der Waals surface area contributed by atoms with Crippen molar-refractivity contribution in [2.24, 2.45) is 4.36 Å². The minimum Gasteiger partial charge on any atom is -0.249 e. The summed E-state index contributed by atoms with van der Waals surface area (Å²) in [7, 11) is -2.29. The molecule has 15 heavy (non-hydrogen) atoms. The molecule has 0 spiro atoms. The van der Waals surface area contributed by atoms with Gasteiger partial charge in [0.25, 0.3) is 0 Å². The van der Waals surface area contributed by atoms with Crippen LogP contribution in [-0.4, -0.2) is 21.0 Å². The van der Waals surface area contributed by atoms with E-state index in [0.717, 1.165) is 8.60 Å².